The summed E-state index contributed by atoms with van der Waals surface area (Å²) >= 11 is 0. The van der Waals surface area contributed by atoms with Crippen molar-refractivity contribution in [3.63, 3.8) is 0 Å². The number of nitriles is 1. The van der Waals surface area contributed by atoms with Gasteiger partial charge in [-0.15, -0.1) is 0 Å². The molecule has 3 rings (SSSR count). The molecule has 1 fully saturated rings. The predicted molar refractivity (Wildman–Crippen MR) is 83.5 cm³/mol. The minimum Gasteiger partial charge on any atom is -0.329 e. The van der Waals surface area contributed by atoms with Crippen molar-refractivity contribution in [1.82, 2.24) is 15.0 Å². The fourth-order valence-electron chi connectivity index (χ4n) is 2.65. The van der Waals surface area contributed by atoms with Crippen molar-refractivity contribution < 1.29 is 35.7 Å². The van der Waals surface area contributed by atoms with Crippen LogP contribution in [0.2, 0.25) is 0 Å². The highest BCUT2D eigenvalue weighted by Gasteiger charge is 2.53. The van der Waals surface area contributed by atoms with Crippen LogP contribution in [0.5, 0.6) is 0 Å². The zero-order chi connectivity index (χ0) is 21.4. The Hall–Kier alpha value is -3.10. The summed E-state index contributed by atoms with van der Waals surface area (Å²) in [5, 5.41) is 12.3. The van der Waals surface area contributed by atoms with Crippen molar-refractivity contribution in [2.24, 2.45) is 5.41 Å². The highest BCUT2D eigenvalue weighted by Crippen LogP contribution is 2.47. The summed E-state index contributed by atoms with van der Waals surface area (Å²) in [4.78, 5) is 16.2. The second-order valence-corrected chi connectivity index (χ2v) is 6.59. The number of nitrogens with zero attached hydrogens (tertiary/aromatic N) is 4. The quantitative estimate of drug-likeness (QED) is 0.687. The van der Waals surface area contributed by atoms with E-state index in [0.717, 1.165) is 0 Å². The van der Waals surface area contributed by atoms with Gasteiger partial charge in [0.1, 0.15) is 12.0 Å². The summed E-state index contributed by atoms with van der Waals surface area (Å²) in [5.74, 6) is -2.76. The van der Waals surface area contributed by atoms with Crippen LogP contribution in [-0.4, -0.2) is 33.7 Å². The van der Waals surface area contributed by atoms with Crippen LogP contribution >= 0.6 is 0 Å². The van der Waals surface area contributed by atoms with Crippen molar-refractivity contribution in [2.75, 3.05) is 6.54 Å². The van der Waals surface area contributed by atoms with Gasteiger partial charge in [-0.1, -0.05) is 29.4 Å². The molecule has 1 aromatic heterocycles. The number of benzene rings is 1. The molecule has 0 N–H and O–H groups in total. The van der Waals surface area contributed by atoms with Crippen LogP contribution in [0.4, 0.5) is 26.3 Å². The Bertz CT molecular complexity index is 939. The molecule has 0 bridgehead atoms. The van der Waals surface area contributed by atoms with E-state index in [1.54, 1.807) is 6.07 Å². The molecule has 1 aliphatic carbocycles. The monoisotopic (exact) mass is 418 g/mol. The van der Waals surface area contributed by atoms with Crippen LogP contribution in [0.3, 0.4) is 0 Å². The third-order valence-corrected chi connectivity index (χ3v) is 4.28. The molecular weight excluding hydrogens is 406 g/mol. The van der Waals surface area contributed by atoms with E-state index in [9.17, 15) is 31.1 Å². The first kappa shape index (κ1) is 20.6. The molecule has 1 heterocycles. The normalized spacial score (nSPS) is 15.6. The van der Waals surface area contributed by atoms with Gasteiger partial charge in [0.2, 0.25) is 11.7 Å². The minimum atomic E-state index is -4.80. The van der Waals surface area contributed by atoms with Crippen LogP contribution in [-0.2, 0) is 17.5 Å². The number of alkyl halides is 6. The molecule has 0 spiro atoms. The number of aromatic nitrogens is 2. The molecule has 6 nitrogen and oxygen atoms in total. The summed E-state index contributed by atoms with van der Waals surface area (Å²) in [7, 11) is 0. The van der Waals surface area contributed by atoms with Gasteiger partial charge < -0.3 is 9.42 Å². The maximum atomic E-state index is 12.9. The Labute approximate surface area is 159 Å². The number of carbonyl (C=O) groups is 1. The molecule has 2 aromatic rings. The second-order valence-electron chi connectivity index (χ2n) is 6.59. The number of hydrogen-bond donors (Lipinski definition) is 0. The maximum Gasteiger partial charge on any atom is 0.471 e. The molecule has 1 amide bonds. The highest BCUT2D eigenvalue weighted by atomic mass is 19.4. The third kappa shape index (κ3) is 4.67. The van der Waals surface area contributed by atoms with Crippen molar-refractivity contribution >= 4 is 5.91 Å². The van der Waals surface area contributed by atoms with Gasteiger partial charge >= 0.3 is 18.2 Å². The molecule has 0 unspecified atom stereocenters. The zero-order valence-electron chi connectivity index (χ0n) is 14.5. The molecular formula is C17H12F6N4O2. The van der Waals surface area contributed by atoms with Gasteiger partial charge in [-0.05, 0) is 18.4 Å². The lowest BCUT2D eigenvalue weighted by Gasteiger charge is -2.26. The van der Waals surface area contributed by atoms with E-state index < -0.39 is 42.7 Å². The molecule has 29 heavy (non-hydrogen) atoms. The topological polar surface area (TPSA) is 83.0 Å². The van der Waals surface area contributed by atoms with E-state index >= 15 is 0 Å². The SMILES string of the molecule is N#CC1(C(=O)N(Cc2ccc(-c3noc(C(F)(F)F)n3)cc2)CC(F)(F)F)CC1. The van der Waals surface area contributed by atoms with Gasteiger partial charge in [-0.3, -0.25) is 4.79 Å². The van der Waals surface area contributed by atoms with Gasteiger partial charge in [-0.2, -0.15) is 36.6 Å². The zero-order valence-corrected chi connectivity index (χ0v) is 14.5. The number of rotatable bonds is 5. The van der Waals surface area contributed by atoms with Gasteiger partial charge in [0.05, 0.1) is 6.07 Å². The summed E-state index contributed by atoms with van der Waals surface area (Å²) in [6, 6.07) is 7.04. The van der Waals surface area contributed by atoms with Gasteiger partial charge in [0, 0.05) is 12.1 Å². The predicted octanol–water partition coefficient (Wildman–Crippen LogP) is 3.95. The molecule has 0 aliphatic heterocycles. The smallest absolute Gasteiger partial charge is 0.329 e. The summed E-state index contributed by atoms with van der Waals surface area (Å²) in [6.45, 7) is -1.93. The van der Waals surface area contributed by atoms with Crippen molar-refractivity contribution in [2.45, 2.75) is 31.7 Å². The van der Waals surface area contributed by atoms with Crippen LogP contribution in [0, 0.1) is 16.7 Å². The molecule has 0 saturated heterocycles. The van der Waals surface area contributed by atoms with Crippen LogP contribution in [0.25, 0.3) is 11.4 Å². The van der Waals surface area contributed by atoms with Crippen molar-refractivity contribution in [3.8, 4) is 17.5 Å². The standard InChI is InChI=1S/C17H12F6N4O2/c18-16(19,20)9-27(14(28)15(8-24)5-6-15)7-10-1-3-11(4-2-10)12-25-13(29-26-12)17(21,22)23/h1-4H,5-7,9H2. The molecule has 12 heteroatoms. The maximum absolute atomic E-state index is 12.9. The van der Waals surface area contributed by atoms with E-state index in [1.165, 1.54) is 24.3 Å². The lowest BCUT2D eigenvalue weighted by atomic mass is 10.1. The minimum absolute atomic E-state index is 0.150. The van der Waals surface area contributed by atoms with Gasteiger partial charge in [0.15, 0.2) is 0 Å². The molecule has 1 aliphatic rings. The lowest BCUT2D eigenvalue weighted by Crippen LogP contribution is -2.42. The van der Waals surface area contributed by atoms with E-state index in [2.05, 4.69) is 14.7 Å². The van der Waals surface area contributed by atoms with E-state index in [4.69, 9.17) is 5.26 Å². The Balaban J connectivity index is 1.78. The molecule has 1 aromatic carbocycles. The third-order valence-electron chi connectivity index (χ3n) is 4.28. The first-order valence-electron chi connectivity index (χ1n) is 8.21. The fraction of sp³-hybridized carbons (Fsp3) is 0.412. The Kier molecular flexibility index (Phi) is 5.02. The average Bonchev–Trinajstić information content (AvgIpc) is 3.26. The summed E-state index contributed by atoms with van der Waals surface area (Å²) < 4.78 is 80.3. The summed E-state index contributed by atoms with van der Waals surface area (Å²) in [5.41, 5.74) is -0.971. The van der Waals surface area contributed by atoms with Gasteiger partial charge in [-0.25, -0.2) is 0 Å². The van der Waals surface area contributed by atoms with Crippen LogP contribution < -0.4 is 0 Å². The number of amides is 1. The van der Waals surface area contributed by atoms with Crippen molar-refractivity contribution in [3.05, 3.63) is 35.7 Å². The van der Waals surface area contributed by atoms with Crippen LogP contribution in [0.15, 0.2) is 28.8 Å². The molecule has 0 radical (unpaired) electrons. The molecule has 1 saturated carbocycles. The van der Waals surface area contributed by atoms with Gasteiger partial charge in [0.25, 0.3) is 0 Å². The fourth-order valence-corrected chi connectivity index (χ4v) is 2.65. The Morgan fingerprint density at radius 3 is 2.24 bits per heavy atom. The Morgan fingerprint density at radius 1 is 1.17 bits per heavy atom. The first-order valence-corrected chi connectivity index (χ1v) is 8.21. The average molecular weight is 418 g/mol. The Morgan fingerprint density at radius 2 is 1.79 bits per heavy atom. The number of hydrogen-bond acceptors (Lipinski definition) is 5. The number of halogens is 6. The molecule has 154 valence electrons. The van der Waals surface area contributed by atoms with E-state index in [-0.39, 0.29) is 24.2 Å². The van der Waals surface area contributed by atoms with E-state index in [0.29, 0.717) is 10.5 Å². The summed E-state index contributed by atoms with van der Waals surface area (Å²) in [6.07, 6.45) is -9.05. The molecule has 0 atom stereocenters. The lowest BCUT2D eigenvalue weighted by molar-refractivity contribution is -0.164. The second kappa shape index (κ2) is 7.06. The number of carbonyl (C=O) groups excluding carboxylic acids is 1. The first-order chi connectivity index (χ1) is 13.4. The van der Waals surface area contributed by atoms with Crippen LogP contribution in [0.1, 0.15) is 24.3 Å². The highest BCUT2D eigenvalue weighted by molar-refractivity contribution is 5.88. The van der Waals surface area contributed by atoms with E-state index in [1.807, 2.05) is 0 Å². The largest absolute Gasteiger partial charge is 0.471 e. The van der Waals surface area contributed by atoms with Crippen molar-refractivity contribution in [1.29, 1.82) is 5.26 Å².